The Bertz CT molecular complexity index is 1980. The number of nitro groups is 2. The van der Waals surface area contributed by atoms with E-state index in [2.05, 4.69) is 0 Å². The van der Waals surface area contributed by atoms with Crippen molar-refractivity contribution in [2.45, 2.75) is 186 Å². The Morgan fingerprint density at radius 1 is 0.528 bits per heavy atom. The lowest BCUT2D eigenvalue weighted by molar-refractivity contribution is -0.870. The summed E-state index contributed by atoms with van der Waals surface area (Å²) in [5.74, 6) is -1.73. The number of carbonyl (C=O) groups excluding carboxylic acids is 4. The van der Waals surface area contributed by atoms with Crippen LogP contribution in [0.15, 0.2) is 48.5 Å². The smallest absolute Gasteiger partial charge is 0.462 e. The van der Waals surface area contributed by atoms with Crippen LogP contribution in [-0.2, 0) is 51.7 Å². The van der Waals surface area contributed by atoms with Gasteiger partial charge in [0.15, 0.2) is 6.10 Å². The minimum Gasteiger partial charge on any atom is -0.462 e. The van der Waals surface area contributed by atoms with Crippen molar-refractivity contribution in [2.24, 2.45) is 0 Å². The van der Waals surface area contributed by atoms with Gasteiger partial charge in [-0.3, -0.25) is 48.5 Å². The summed E-state index contributed by atoms with van der Waals surface area (Å²) in [5, 5.41) is 22.6. The molecule has 0 radical (unpaired) electrons. The molecule has 0 aromatic heterocycles. The van der Waals surface area contributed by atoms with Crippen molar-refractivity contribution in [1.29, 1.82) is 0 Å². The lowest BCUT2D eigenvalue weighted by Crippen LogP contribution is -2.37. The summed E-state index contributed by atoms with van der Waals surface area (Å²) in [7, 11) is 1.26. The molecule has 2 aromatic rings. The number of nitro benzene ring substituents is 2. The van der Waals surface area contributed by atoms with E-state index in [0.717, 1.165) is 103 Å². The van der Waals surface area contributed by atoms with Crippen molar-refractivity contribution < 1.29 is 71.0 Å². The third-order valence-corrected chi connectivity index (χ3v) is 12.9. The van der Waals surface area contributed by atoms with Crippen LogP contribution in [-0.4, -0.2) is 96.7 Å². The minimum atomic E-state index is -4.47. The molecule has 0 heterocycles. The maximum absolute atomic E-state index is 12.8. The number of para-hydroxylation sites is 2. The Kier molecular flexibility index (Phi) is 31.8. The lowest BCUT2D eigenvalue weighted by atomic mass is 10.1. The number of hydrogen-bond donors (Lipinski definition) is 1. The molecule has 0 aliphatic heterocycles. The third kappa shape index (κ3) is 30.3. The first-order chi connectivity index (χ1) is 34.3. The van der Waals surface area contributed by atoms with Crippen molar-refractivity contribution in [3.63, 3.8) is 0 Å². The fraction of sp³-hybridized carbons (Fsp3) is 0.692. The molecule has 0 aliphatic carbocycles. The van der Waals surface area contributed by atoms with Crippen LogP contribution in [0, 0.1) is 20.2 Å². The highest BCUT2D eigenvalue weighted by molar-refractivity contribution is 7.47. The number of benzene rings is 2. The molecule has 2 aromatic carbocycles. The average Bonchev–Trinajstić information content (AvgIpc) is 3.32. The largest absolute Gasteiger partial charge is 0.472 e. The van der Waals surface area contributed by atoms with Crippen LogP contribution in [0.4, 0.5) is 11.4 Å². The van der Waals surface area contributed by atoms with Crippen molar-refractivity contribution in [3.05, 3.63) is 79.9 Å². The summed E-state index contributed by atoms with van der Waals surface area (Å²) in [4.78, 5) is 81.8. The van der Waals surface area contributed by atoms with Crippen LogP contribution >= 0.6 is 7.82 Å². The number of quaternary nitrogens is 1. The maximum Gasteiger partial charge on any atom is 0.472 e. The van der Waals surface area contributed by atoms with Crippen molar-refractivity contribution in [2.75, 3.05) is 47.5 Å². The molecule has 0 amide bonds. The van der Waals surface area contributed by atoms with Gasteiger partial charge in [0.2, 0.25) is 0 Å². The Morgan fingerprint density at radius 2 is 0.861 bits per heavy atom. The van der Waals surface area contributed by atoms with Gasteiger partial charge in [-0.1, -0.05) is 127 Å². The van der Waals surface area contributed by atoms with Gasteiger partial charge in [-0.05, 0) is 51.7 Å². The number of esters is 4. The molecule has 1 N–H and O–H groups in total. The standard InChI is InChI=1S/C52H82N3O16P/c1-42(45-30-26-28-32-47(45)53(60)61)69-50(57)35-23-19-15-11-7-6-10-14-18-22-34-49(56)66-40-44(41-68-72(64,65)67-39-38-55(3,4)5)71-52(59)37-25-21-17-13-9-8-12-16-20-24-36-51(58)70-43(2)46-31-27-29-33-48(46)54(62)63/h26-33,42-44H,6-25,34-41H2,1-5H3/p+1/t42?,43?,44-/m1/s1. The zero-order valence-electron chi connectivity index (χ0n) is 43.5. The quantitative estimate of drug-likeness (QED) is 0.0123. The molecule has 0 saturated carbocycles. The molecule has 0 fully saturated rings. The van der Waals surface area contributed by atoms with Crippen LogP contribution in [0.3, 0.4) is 0 Å². The Labute approximate surface area is 426 Å². The second-order valence-electron chi connectivity index (χ2n) is 19.4. The molecule has 406 valence electrons. The van der Waals surface area contributed by atoms with Gasteiger partial charge in [0.1, 0.15) is 32.0 Å². The molecule has 20 heteroatoms. The van der Waals surface area contributed by atoms with Gasteiger partial charge < -0.3 is 28.3 Å². The monoisotopic (exact) mass is 1040 g/mol. The van der Waals surface area contributed by atoms with Gasteiger partial charge in [0.05, 0.1) is 48.7 Å². The number of carbonyl (C=O) groups is 4. The van der Waals surface area contributed by atoms with Crippen LogP contribution in [0.1, 0.15) is 191 Å². The topological polar surface area (TPSA) is 247 Å². The van der Waals surface area contributed by atoms with Gasteiger partial charge in [0, 0.05) is 37.8 Å². The van der Waals surface area contributed by atoms with Gasteiger partial charge in [-0.25, -0.2) is 4.57 Å². The normalized spacial score (nSPS) is 13.6. The van der Waals surface area contributed by atoms with Crippen LogP contribution in [0.5, 0.6) is 0 Å². The Hall–Kier alpha value is -4.81. The molecule has 0 aliphatic rings. The Morgan fingerprint density at radius 3 is 1.22 bits per heavy atom. The fourth-order valence-electron chi connectivity index (χ4n) is 7.80. The Balaban J connectivity index is 1.58. The summed E-state index contributed by atoms with van der Waals surface area (Å²) in [6.07, 6.45) is 16.6. The summed E-state index contributed by atoms with van der Waals surface area (Å²) in [6.45, 7) is 2.88. The first-order valence-corrected chi connectivity index (χ1v) is 27.4. The molecule has 0 spiro atoms. The summed E-state index contributed by atoms with van der Waals surface area (Å²) in [6, 6.07) is 12.5. The highest BCUT2D eigenvalue weighted by Gasteiger charge is 2.27. The lowest BCUT2D eigenvalue weighted by Gasteiger charge is -2.24. The first-order valence-electron chi connectivity index (χ1n) is 25.9. The van der Waals surface area contributed by atoms with Crippen molar-refractivity contribution in [3.8, 4) is 0 Å². The molecule has 0 bridgehead atoms. The number of likely N-dealkylation sites (N-methyl/N-ethyl adjacent to an activating group) is 1. The van der Waals surface area contributed by atoms with Crippen molar-refractivity contribution in [1.82, 2.24) is 0 Å². The second kappa shape index (κ2) is 36.2. The van der Waals surface area contributed by atoms with Crippen LogP contribution in [0.2, 0.25) is 0 Å². The highest BCUT2D eigenvalue weighted by Crippen LogP contribution is 2.43. The molecule has 19 nitrogen and oxygen atoms in total. The number of ether oxygens (including phenoxy) is 4. The third-order valence-electron chi connectivity index (χ3n) is 12.0. The van der Waals surface area contributed by atoms with E-state index in [9.17, 15) is 48.9 Å². The highest BCUT2D eigenvalue weighted by atomic mass is 31.2. The van der Waals surface area contributed by atoms with E-state index >= 15 is 0 Å². The van der Waals surface area contributed by atoms with E-state index in [0.29, 0.717) is 47.8 Å². The molecular weight excluding hydrogens is 954 g/mol. The summed E-state index contributed by atoms with van der Waals surface area (Å²) < 4.78 is 45.2. The first kappa shape index (κ1) is 63.3. The van der Waals surface area contributed by atoms with E-state index < -0.39 is 54.5 Å². The number of rotatable bonds is 42. The average molecular weight is 1040 g/mol. The number of phosphoric ester groups is 1. The van der Waals surface area contributed by atoms with Crippen molar-refractivity contribution >= 4 is 43.1 Å². The maximum atomic E-state index is 12.8. The predicted molar refractivity (Wildman–Crippen MR) is 271 cm³/mol. The molecule has 2 rings (SSSR count). The van der Waals surface area contributed by atoms with E-state index in [1.165, 1.54) is 12.1 Å². The van der Waals surface area contributed by atoms with Gasteiger partial charge in [-0.15, -0.1) is 0 Å². The summed E-state index contributed by atoms with van der Waals surface area (Å²) in [5.41, 5.74) is 0.606. The molecule has 3 unspecified atom stereocenters. The van der Waals surface area contributed by atoms with E-state index in [1.807, 2.05) is 21.1 Å². The number of nitrogens with zero attached hydrogens (tertiary/aromatic N) is 3. The van der Waals surface area contributed by atoms with Crippen LogP contribution in [0.25, 0.3) is 0 Å². The molecule has 4 atom stereocenters. The van der Waals surface area contributed by atoms with E-state index in [4.69, 9.17) is 28.0 Å². The molecule has 0 saturated heterocycles. The second-order valence-corrected chi connectivity index (χ2v) is 20.8. The zero-order chi connectivity index (χ0) is 53.2. The number of unbranched alkanes of at least 4 members (excludes halogenated alkanes) is 18. The van der Waals surface area contributed by atoms with Gasteiger partial charge in [0.25, 0.3) is 11.4 Å². The van der Waals surface area contributed by atoms with Crippen LogP contribution < -0.4 is 0 Å². The van der Waals surface area contributed by atoms with Gasteiger partial charge in [-0.2, -0.15) is 0 Å². The van der Waals surface area contributed by atoms with Gasteiger partial charge >= 0.3 is 31.7 Å². The number of hydrogen-bond acceptors (Lipinski definition) is 15. The summed E-state index contributed by atoms with van der Waals surface area (Å²) >= 11 is 0. The molecule has 72 heavy (non-hydrogen) atoms. The zero-order valence-corrected chi connectivity index (χ0v) is 44.4. The molecular formula is C52H83N3O16P+. The van der Waals surface area contributed by atoms with E-state index in [-0.39, 0.29) is 62.2 Å². The SMILES string of the molecule is CC(OC(=O)CCCCCCCCCCCCC(=O)OC[C@H](COP(=O)(O)OCC[N+](C)(C)C)OC(=O)CCCCCCCCCCCCC(=O)OC(C)c1ccccc1[N+](=O)[O-])c1ccccc1[N+](=O)[O-]. The number of phosphoric acid groups is 1. The minimum absolute atomic E-state index is 0.0304. The predicted octanol–water partition coefficient (Wildman–Crippen LogP) is 12.1. The van der Waals surface area contributed by atoms with E-state index in [1.54, 1.807) is 50.2 Å². The fourth-order valence-corrected chi connectivity index (χ4v) is 8.55.